The Morgan fingerprint density at radius 3 is 3.00 bits per heavy atom. The molecule has 2 heteroatoms. The van der Waals surface area contributed by atoms with Crippen LogP contribution in [0.5, 0.6) is 0 Å². The van der Waals surface area contributed by atoms with Crippen molar-refractivity contribution in [1.29, 1.82) is 0 Å². The van der Waals surface area contributed by atoms with Gasteiger partial charge >= 0.3 is 5.97 Å². The molecular formula is C12H16O2. The fraction of sp³-hybridized carbons (Fsp3) is 0.583. The first kappa shape index (κ1) is 10.8. The highest BCUT2D eigenvalue weighted by molar-refractivity contribution is 5.85. The van der Waals surface area contributed by atoms with Crippen LogP contribution in [-0.4, -0.2) is 12.6 Å². The summed E-state index contributed by atoms with van der Waals surface area (Å²) in [5, 5.41) is 0. The van der Waals surface area contributed by atoms with Crippen LogP contribution in [0, 0.1) is 17.8 Å². The lowest BCUT2D eigenvalue weighted by atomic mass is 10.2. The molecule has 0 aliphatic heterocycles. The highest BCUT2D eigenvalue weighted by atomic mass is 16.5. The molecule has 0 amide bonds. The Hall–Kier alpha value is -1.23. The molecule has 0 bridgehead atoms. The fourth-order valence-corrected chi connectivity index (χ4v) is 1.11. The van der Waals surface area contributed by atoms with E-state index in [2.05, 4.69) is 18.8 Å². The normalized spacial score (nSPS) is 17.9. The number of carbonyl (C=O) groups excluding carboxylic acids is 1. The van der Waals surface area contributed by atoms with Gasteiger partial charge < -0.3 is 4.74 Å². The quantitative estimate of drug-likeness (QED) is 0.388. The summed E-state index contributed by atoms with van der Waals surface area (Å²) in [6, 6.07) is 0. The molecule has 1 aliphatic carbocycles. The van der Waals surface area contributed by atoms with E-state index in [1.807, 2.05) is 13.0 Å². The van der Waals surface area contributed by atoms with Crippen molar-refractivity contribution in [2.45, 2.75) is 33.1 Å². The third-order valence-corrected chi connectivity index (χ3v) is 2.00. The van der Waals surface area contributed by atoms with Crippen LogP contribution >= 0.6 is 0 Å². The molecule has 2 nitrogen and oxygen atoms in total. The summed E-state index contributed by atoms with van der Waals surface area (Å²) in [5.74, 6) is 5.75. The van der Waals surface area contributed by atoms with Gasteiger partial charge in [0.05, 0.1) is 6.61 Å². The molecule has 76 valence electrons. The minimum absolute atomic E-state index is 0.135. The summed E-state index contributed by atoms with van der Waals surface area (Å²) in [5.41, 5.74) is 0.930. The average molecular weight is 192 g/mol. The number of unbranched alkanes of at least 4 members (excludes halogenated alkanes) is 2. The zero-order valence-electron chi connectivity index (χ0n) is 8.80. The fourth-order valence-electron chi connectivity index (χ4n) is 1.11. The van der Waals surface area contributed by atoms with E-state index in [0.29, 0.717) is 6.61 Å². The van der Waals surface area contributed by atoms with Gasteiger partial charge in [-0.1, -0.05) is 31.3 Å². The van der Waals surface area contributed by atoms with Crippen molar-refractivity contribution in [1.82, 2.24) is 0 Å². The Bertz CT molecular complexity index is 291. The van der Waals surface area contributed by atoms with Gasteiger partial charge in [0, 0.05) is 12.0 Å². The summed E-state index contributed by atoms with van der Waals surface area (Å²) < 4.78 is 4.86. The minimum atomic E-state index is -0.160. The molecule has 0 saturated carbocycles. The number of rotatable bonds is 4. The van der Waals surface area contributed by atoms with Gasteiger partial charge in [-0.3, -0.25) is 4.79 Å². The highest BCUT2D eigenvalue weighted by Gasteiger charge is 2.31. The maximum Gasteiger partial charge on any atom is 0.317 e. The van der Waals surface area contributed by atoms with E-state index in [9.17, 15) is 4.79 Å². The van der Waals surface area contributed by atoms with Crippen molar-refractivity contribution in [2.75, 3.05) is 6.61 Å². The SMILES string of the molecule is CCCCC#CC1=C[C@H]1C(=O)OCC. The van der Waals surface area contributed by atoms with Gasteiger partial charge in [-0.15, -0.1) is 0 Å². The number of hydrogen-bond acceptors (Lipinski definition) is 2. The van der Waals surface area contributed by atoms with Crippen LogP contribution in [0.15, 0.2) is 11.6 Å². The predicted octanol–water partition coefficient (Wildman–Crippen LogP) is 2.30. The predicted molar refractivity (Wildman–Crippen MR) is 55.5 cm³/mol. The van der Waals surface area contributed by atoms with Gasteiger partial charge in [0.1, 0.15) is 5.92 Å². The summed E-state index contributed by atoms with van der Waals surface area (Å²) >= 11 is 0. The second-order valence-corrected chi connectivity index (χ2v) is 3.26. The van der Waals surface area contributed by atoms with E-state index in [1.54, 1.807) is 0 Å². The number of ether oxygens (including phenoxy) is 1. The van der Waals surface area contributed by atoms with Crippen molar-refractivity contribution in [2.24, 2.45) is 5.92 Å². The Morgan fingerprint density at radius 2 is 2.36 bits per heavy atom. The van der Waals surface area contributed by atoms with E-state index in [0.717, 1.165) is 24.8 Å². The van der Waals surface area contributed by atoms with Crippen LogP contribution < -0.4 is 0 Å². The maximum atomic E-state index is 11.2. The largest absolute Gasteiger partial charge is 0.465 e. The lowest BCUT2D eigenvalue weighted by molar-refractivity contribution is -0.143. The van der Waals surface area contributed by atoms with E-state index in [-0.39, 0.29) is 11.9 Å². The van der Waals surface area contributed by atoms with Gasteiger partial charge in [-0.25, -0.2) is 0 Å². The Kier molecular flexibility index (Phi) is 4.25. The molecular weight excluding hydrogens is 176 g/mol. The molecule has 0 radical (unpaired) electrons. The topological polar surface area (TPSA) is 26.3 Å². The molecule has 0 aromatic carbocycles. The first-order valence-corrected chi connectivity index (χ1v) is 5.16. The molecule has 1 aliphatic rings. The zero-order chi connectivity index (χ0) is 10.4. The summed E-state index contributed by atoms with van der Waals surface area (Å²) in [6.07, 6.45) is 5.07. The highest BCUT2D eigenvalue weighted by Crippen LogP contribution is 2.29. The molecule has 0 aromatic heterocycles. The van der Waals surface area contributed by atoms with Crippen molar-refractivity contribution >= 4 is 5.97 Å². The molecule has 1 rings (SSSR count). The molecule has 0 saturated heterocycles. The van der Waals surface area contributed by atoms with Crippen LogP contribution in [0.25, 0.3) is 0 Å². The lowest BCUT2D eigenvalue weighted by Crippen LogP contribution is -2.07. The van der Waals surface area contributed by atoms with Crippen molar-refractivity contribution < 1.29 is 9.53 Å². The Labute approximate surface area is 85.3 Å². The summed E-state index contributed by atoms with van der Waals surface area (Å²) in [6.45, 7) is 4.39. The molecule has 0 unspecified atom stereocenters. The first-order valence-electron chi connectivity index (χ1n) is 5.16. The number of hydrogen-bond donors (Lipinski definition) is 0. The van der Waals surface area contributed by atoms with E-state index >= 15 is 0 Å². The molecule has 0 N–H and O–H groups in total. The molecule has 0 heterocycles. The molecule has 1 atom stereocenters. The van der Waals surface area contributed by atoms with E-state index in [1.165, 1.54) is 0 Å². The molecule has 14 heavy (non-hydrogen) atoms. The minimum Gasteiger partial charge on any atom is -0.465 e. The van der Waals surface area contributed by atoms with E-state index < -0.39 is 0 Å². The monoisotopic (exact) mass is 192 g/mol. The summed E-state index contributed by atoms with van der Waals surface area (Å²) in [4.78, 5) is 11.2. The Balaban J connectivity index is 2.20. The van der Waals surface area contributed by atoms with Crippen molar-refractivity contribution in [3.05, 3.63) is 11.6 Å². The van der Waals surface area contributed by atoms with Crippen LogP contribution in [0.3, 0.4) is 0 Å². The average Bonchev–Trinajstić information content (AvgIpc) is 2.92. The van der Waals surface area contributed by atoms with Crippen LogP contribution in [0.4, 0.5) is 0 Å². The van der Waals surface area contributed by atoms with Crippen molar-refractivity contribution in [3.63, 3.8) is 0 Å². The second-order valence-electron chi connectivity index (χ2n) is 3.26. The second kappa shape index (κ2) is 5.49. The van der Waals surface area contributed by atoms with Crippen LogP contribution in [0.2, 0.25) is 0 Å². The van der Waals surface area contributed by atoms with Crippen LogP contribution in [-0.2, 0) is 9.53 Å². The van der Waals surface area contributed by atoms with Crippen molar-refractivity contribution in [3.8, 4) is 11.8 Å². The summed E-state index contributed by atoms with van der Waals surface area (Å²) in [7, 11) is 0. The number of esters is 1. The first-order chi connectivity index (χ1) is 6.79. The van der Waals surface area contributed by atoms with Gasteiger partial charge in [0.15, 0.2) is 0 Å². The molecule has 0 aromatic rings. The van der Waals surface area contributed by atoms with Crippen LogP contribution in [0.1, 0.15) is 33.1 Å². The Morgan fingerprint density at radius 1 is 1.57 bits per heavy atom. The third-order valence-electron chi connectivity index (χ3n) is 2.00. The smallest absolute Gasteiger partial charge is 0.317 e. The standard InChI is InChI=1S/C12H16O2/c1-3-5-6-7-8-10-9-11(10)12(13)14-4-2/h9,11H,3-6H2,1-2H3/t11-/m1/s1. The molecule has 0 spiro atoms. The van der Waals surface area contributed by atoms with Gasteiger partial charge in [0.2, 0.25) is 0 Å². The van der Waals surface area contributed by atoms with Gasteiger partial charge in [-0.05, 0) is 13.3 Å². The van der Waals surface area contributed by atoms with Gasteiger partial charge in [-0.2, -0.15) is 0 Å². The number of carbonyl (C=O) groups is 1. The third kappa shape index (κ3) is 3.26. The molecule has 0 fully saturated rings. The van der Waals surface area contributed by atoms with E-state index in [4.69, 9.17) is 4.74 Å². The zero-order valence-corrected chi connectivity index (χ0v) is 8.80. The maximum absolute atomic E-state index is 11.2. The van der Waals surface area contributed by atoms with Gasteiger partial charge in [0.25, 0.3) is 0 Å². The lowest BCUT2D eigenvalue weighted by Gasteiger charge is -1.97.